The van der Waals surface area contributed by atoms with Crippen LogP contribution in [0, 0.1) is 0 Å². The smallest absolute Gasteiger partial charge is 0.187 e. The van der Waals surface area contributed by atoms with Crippen LogP contribution < -0.4 is 17.2 Å². The van der Waals surface area contributed by atoms with Gasteiger partial charge < -0.3 is 71.9 Å². The molecule has 0 spiro atoms. The molecule has 3 aliphatic rings. The van der Waals surface area contributed by atoms with Gasteiger partial charge >= 0.3 is 0 Å². The van der Waals surface area contributed by atoms with E-state index in [4.69, 9.17) is 36.1 Å². The van der Waals surface area contributed by atoms with Gasteiger partial charge in [0.25, 0.3) is 0 Å². The van der Waals surface area contributed by atoms with Gasteiger partial charge in [0.05, 0.1) is 25.4 Å². The molecule has 3 fully saturated rings. The summed E-state index contributed by atoms with van der Waals surface area (Å²) in [5.41, 5.74) is 17.9. The molecule has 182 valence electrons. The summed E-state index contributed by atoms with van der Waals surface area (Å²) in [6.07, 6.45) is -14.5. The van der Waals surface area contributed by atoms with Crippen molar-refractivity contribution in [1.29, 1.82) is 0 Å². The van der Waals surface area contributed by atoms with E-state index < -0.39 is 98.9 Å². The minimum atomic E-state index is -1.53. The molecule has 31 heavy (non-hydrogen) atoms. The number of aliphatic hydroxyl groups is 7. The Balaban J connectivity index is 1.74. The molecule has 1 saturated carbocycles. The molecule has 14 nitrogen and oxygen atoms in total. The van der Waals surface area contributed by atoms with Gasteiger partial charge in [0, 0.05) is 12.1 Å². The lowest BCUT2D eigenvalue weighted by Gasteiger charge is -2.47. The van der Waals surface area contributed by atoms with Crippen LogP contribution in [-0.4, -0.2) is 135 Å². The van der Waals surface area contributed by atoms with Gasteiger partial charge in [0.1, 0.15) is 48.8 Å². The van der Waals surface area contributed by atoms with Gasteiger partial charge in [-0.05, 0) is 6.42 Å². The highest BCUT2D eigenvalue weighted by Crippen LogP contribution is 2.31. The minimum Gasteiger partial charge on any atom is -0.394 e. The van der Waals surface area contributed by atoms with Crippen LogP contribution in [0.1, 0.15) is 6.42 Å². The van der Waals surface area contributed by atoms with Crippen molar-refractivity contribution in [1.82, 2.24) is 0 Å². The Labute approximate surface area is 178 Å². The number of ether oxygens (including phenoxy) is 4. The van der Waals surface area contributed by atoms with E-state index in [2.05, 4.69) is 0 Å². The van der Waals surface area contributed by atoms with E-state index in [1.165, 1.54) is 0 Å². The SMILES string of the molecule is NC1C(O[C@@H]2O[C@H](CO)C(O)C2O)[C@H](O)C(CO)O[C@@H]1O[C@@H]1C(N)C[C@@H](N)C(O)C1O. The monoisotopic (exact) mass is 455 g/mol. The van der Waals surface area contributed by atoms with Gasteiger partial charge in [-0.3, -0.25) is 0 Å². The van der Waals surface area contributed by atoms with Crippen LogP contribution in [-0.2, 0) is 18.9 Å². The predicted molar refractivity (Wildman–Crippen MR) is 99.8 cm³/mol. The molecule has 14 atom stereocenters. The standard InChI is InChI=1S/C17H33N3O11/c18-4-1-5(19)14(12(26)9(4)23)30-16-8(20)15(11(25)7(3-22)28-16)31-17-13(27)10(24)6(2-21)29-17/h4-17,21-27H,1-3,18-20H2/t4-,5?,6-,7?,8?,9?,10?,11-,12?,13?,14-,15?,16-,17+/m1/s1. The summed E-state index contributed by atoms with van der Waals surface area (Å²) < 4.78 is 22.1. The quantitative estimate of drug-likeness (QED) is 0.179. The third-order valence-electron chi connectivity index (χ3n) is 6.07. The van der Waals surface area contributed by atoms with E-state index in [0.717, 1.165) is 0 Å². The molecule has 1 aliphatic carbocycles. The largest absolute Gasteiger partial charge is 0.394 e. The van der Waals surface area contributed by atoms with Crippen LogP contribution in [0.4, 0.5) is 0 Å². The van der Waals surface area contributed by atoms with Crippen LogP contribution in [0.5, 0.6) is 0 Å². The second-order valence-corrected chi connectivity index (χ2v) is 8.25. The zero-order valence-electron chi connectivity index (χ0n) is 16.7. The predicted octanol–water partition coefficient (Wildman–Crippen LogP) is -6.62. The molecular weight excluding hydrogens is 422 g/mol. The van der Waals surface area contributed by atoms with Gasteiger partial charge in [-0.15, -0.1) is 0 Å². The van der Waals surface area contributed by atoms with Gasteiger partial charge in [0.2, 0.25) is 0 Å². The maximum absolute atomic E-state index is 10.5. The normalized spacial score (nSPS) is 53.6. The topological polar surface area (TPSA) is 257 Å². The molecule has 13 N–H and O–H groups in total. The second kappa shape index (κ2) is 10.1. The van der Waals surface area contributed by atoms with Crippen LogP contribution in [0.3, 0.4) is 0 Å². The first-order valence-electron chi connectivity index (χ1n) is 10.1. The van der Waals surface area contributed by atoms with E-state index in [0.29, 0.717) is 0 Å². The maximum atomic E-state index is 10.5. The number of rotatable bonds is 6. The maximum Gasteiger partial charge on any atom is 0.187 e. The van der Waals surface area contributed by atoms with Crippen molar-refractivity contribution >= 4 is 0 Å². The summed E-state index contributed by atoms with van der Waals surface area (Å²) in [7, 11) is 0. The molecule has 3 rings (SSSR count). The lowest BCUT2D eigenvalue weighted by Crippen LogP contribution is -2.68. The second-order valence-electron chi connectivity index (χ2n) is 8.25. The van der Waals surface area contributed by atoms with Gasteiger partial charge in [0.15, 0.2) is 12.6 Å². The van der Waals surface area contributed by atoms with Crippen LogP contribution in [0.25, 0.3) is 0 Å². The Morgan fingerprint density at radius 1 is 0.645 bits per heavy atom. The highest BCUT2D eigenvalue weighted by molar-refractivity contribution is 5.00. The fraction of sp³-hybridized carbons (Fsp3) is 1.00. The lowest BCUT2D eigenvalue weighted by molar-refractivity contribution is -0.317. The van der Waals surface area contributed by atoms with Gasteiger partial charge in [-0.2, -0.15) is 0 Å². The summed E-state index contributed by atoms with van der Waals surface area (Å²) in [6.45, 7) is -1.22. The number of aliphatic hydroxyl groups excluding tert-OH is 7. The first kappa shape index (κ1) is 25.1. The van der Waals surface area contributed by atoms with E-state index in [-0.39, 0.29) is 6.42 Å². The average molecular weight is 455 g/mol. The van der Waals surface area contributed by atoms with Gasteiger partial charge in [-0.25, -0.2) is 0 Å². The molecule has 0 radical (unpaired) electrons. The van der Waals surface area contributed by atoms with Crippen LogP contribution in [0.15, 0.2) is 0 Å². The first-order valence-corrected chi connectivity index (χ1v) is 10.1. The van der Waals surface area contributed by atoms with Crippen LogP contribution in [0.2, 0.25) is 0 Å². The fourth-order valence-electron chi connectivity index (χ4n) is 4.14. The Morgan fingerprint density at radius 2 is 1.19 bits per heavy atom. The first-order chi connectivity index (χ1) is 14.6. The lowest BCUT2D eigenvalue weighted by atomic mass is 9.84. The molecule has 0 aromatic rings. The Hall–Kier alpha value is -0.560. The third-order valence-corrected chi connectivity index (χ3v) is 6.07. The Kier molecular flexibility index (Phi) is 8.21. The van der Waals surface area contributed by atoms with Crippen LogP contribution >= 0.6 is 0 Å². The summed E-state index contributed by atoms with van der Waals surface area (Å²) in [5, 5.41) is 69.7. The average Bonchev–Trinajstić information content (AvgIpc) is 3.01. The summed E-state index contributed by atoms with van der Waals surface area (Å²) >= 11 is 0. The summed E-state index contributed by atoms with van der Waals surface area (Å²) in [5.74, 6) is 0. The zero-order valence-corrected chi connectivity index (χ0v) is 16.7. The third kappa shape index (κ3) is 4.87. The molecule has 8 unspecified atom stereocenters. The number of hydrogen-bond donors (Lipinski definition) is 10. The van der Waals surface area contributed by atoms with E-state index in [1.807, 2.05) is 0 Å². The molecule has 0 amide bonds. The van der Waals surface area contributed by atoms with Crippen molar-refractivity contribution in [3.8, 4) is 0 Å². The number of hydrogen-bond acceptors (Lipinski definition) is 14. The highest BCUT2D eigenvalue weighted by atomic mass is 16.7. The Morgan fingerprint density at radius 3 is 1.77 bits per heavy atom. The fourth-order valence-corrected chi connectivity index (χ4v) is 4.14. The van der Waals surface area contributed by atoms with Gasteiger partial charge in [-0.1, -0.05) is 0 Å². The molecule has 14 heteroatoms. The molecule has 0 aromatic carbocycles. The van der Waals surface area contributed by atoms with E-state index >= 15 is 0 Å². The zero-order chi connectivity index (χ0) is 23.0. The Bertz CT molecular complexity index is 592. The van der Waals surface area contributed by atoms with Crippen molar-refractivity contribution in [3.05, 3.63) is 0 Å². The van der Waals surface area contributed by atoms with E-state index in [9.17, 15) is 35.7 Å². The minimum absolute atomic E-state index is 0.152. The summed E-state index contributed by atoms with van der Waals surface area (Å²) in [4.78, 5) is 0. The molecule has 0 bridgehead atoms. The van der Waals surface area contributed by atoms with Crippen molar-refractivity contribution in [2.45, 2.75) is 92.1 Å². The van der Waals surface area contributed by atoms with Crippen molar-refractivity contribution < 1.29 is 54.7 Å². The molecular formula is C17H33N3O11. The van der Waals surface area contributed by atoms with Crippen molar-refractivity contribution in [2.24, 2.45) is 17.2 Å². The highest BCUT2D eigenvalue weighted by Gasteiger charge is 2.52. The number of nitrogens with two attached hydrogens (primary N) is 3. The van der Waals surface area contributed by atoms with Crippen molar-refractivity contribution in [3.63, 3.8) is 0 Å². The molecule has 2 saturated heterocycles. The van der Waals surface area contributed by atoms with E-state index in [1.54, 1.807) is 0 Å². The summed E-state index contributed by atoms with van der Waals surface area (Å²) in [6, 6.07) is -2.73. The van der Waals surface area contributed by atoms with Crippen molar-refractivity contribution in [2.75, 3.05) is 13.2 Å². The molecule has 0 aromatic heterocycles. The molecule has 2 heterocycles. The molecule has 2 aliphatic heterocycles.